The molecule has 2 bridgehead atoms. The minimum Gasteiger partial charge on any atom is -0.366 e. The largest absolute Gasteiger partial charge is 0.366 e. The molecule has 1 aromatic heterocycles. The molecule has 120 valence electrons. The third-order valence-electron chi connectivity index (χ3n) is 5.27. The molecule has 0 N–H and O–H groups in total. The molecule has 2 aromatic carbocycles. The normalized spacial score (nSPS) is 21.9. The smallest absolute Gasteiger partial charge is 0.123 e. The van der Waals surface area contributed by atoms with Gasteiger partial charge in [-0.25, -0.2) is 4.39 Å². The Morgan fingerprint density at radius 2 is 1.88 bits per heavy atom. The van der Waals surface area contributed by atoms with Crippen LogP contribution in [0.2, 0.25) is 0 Å². The number of fused-ring (bicyclic) bond motifs is 7. The van der Waals surface area contributed by atoms with Crippen LogP contribution in [0.25, 0.3) is 23.1 Å². The lowest BCUT2D eigenvalue weighted by molar-refractivity contribution is 0.0720. The van der Waals surface area contributed by atoms with Crippen molar-refractivity contribution in [3.63, 3.8) is 0 Å². The first-order chi connectivity index (χ1) is 11.7. The molecule has 0 radical (unpaired) electrons. The Hall–Kier alpha value is -2.39. The quantitative estimate of drug-likeness (QED) is 0.577. The van der Waals surface area contributed by atoms with Gasteiger partial charge in [-0.1, -0.05) is 24.3 Å². The van der Waals surface area contributed by atoms with Gasteiger partial charge in [-0.2, -0.15) is 0 Å². The summed E-state index contributed by atoms with van der Waals surface area (Å²) in [5, 5.41) is 1.26. The fourth-order valence-electron chi connectivity index (χ4n) is 4.14. The van der Waals surface area contributed by atoms with E-state index in [-0.39, 0.29) is 18.0 Å². The molecule has 3 heterocycles. The summed E-state index contributed by atoms with van der Waals surface area (Å²) in [7, 11) is 2.10. The Labute approximate surface area is 140 Å². The average molecular weight is 319 g/mol. The maximum Gasteiger partial charge on any atom is 0.123 e. The highest BCUT2D eigenvalue weighted by molar-refractivity contribution is 5.95. The highest BCUT2D eigenvalue weighted by atomic mass is 19.1. The van der Waals surface area contributed by atoms with Crippen molar-refractivity contribution < 1.29 is 9.13 Å². The standard InChI is InChI=1S/C21H18FNO/c1-23-11-10-16-14(5-2-13-3-6-15(22)7-4-13)12-17-18-8-9-19(24-18)20(17)21(16)23/h2-7,10-12,18-19H,8-9H2,1H3/b5-2+. The summed E-state index contributed by atoms with van der Waals surface area (Å²) >= 11 is 0. The summed E-state index contributed by atoms with van der Waals surface area (Å²) in [6.07, 6.45) is 9.05. The lowest BCUT2D eigenvalue weighted by atomic mass is 9.88. The van der Waals surface area contributed by atoms with E-state index in [4.69, 9.17) is 4.74 Å². The van der Waals surface area contributed by atoms with Crippen LogP contribution in [0.1, 0.15) is 47.3 Å². The van der Waals surface area contributed by atoms with Crippen molar-refractivity contribution in [2.75, 3.05) is 0 Å². The summed E-state index contributed by atoms with van der Waals surface area (Å²) in [5.74, 6) is -0.205. The van der Waals surface area contributed by atoms with E-state index in [1.807, 2.05) is 6.08 Å². The first kappa shape index (κ1) is 14.0. The van der Waals surface area contributed by atoms with E-state index < -0.39 is 0 Å². The third kappa shape index (κ3) is 1.98. The van der Waals surface area contributed by atoms with Crippen LogP contribution in [0.4, 0.5) is 4.39 Å². The number of rotatable bonds is 2. The number of hydrogen-bond acceptors (Lipinski definition) is 1. The predicted molar refractivity (Wildman–Crippen MR) is 94.0 cm³/mol. The third-order valence-corrected chi connectivity index (χ3v) is 5.27. The predicted octanol–water partition coefficient (Wildman–Crippen LogP) is 5.39. The zero-order chi connectivity index (χ0) is 16.3. The molecule has 0 saturated carbocycles. The van der Waals surface area contributed by atoms with E-state index in [0.717, 1.165) is 18.4 Å². The Kier molecular flexibility index (Phi) is 2.95. The summed E-state index contributed by atoms with van der Waals surface area (Å²) in [6.45, 7) is 0. The molecule has 5 rings (SSSR count). The molecule has 24 heavy (non-hydrogen) atoms. The SMILES string of the molecule is Cn1ccc2c(/C=C/c3ccc(F)cc3)cc3c(c21)C1CCC3O1. The second kappa shape index (κ2) is 5.05. The monoisotopic (exact) mass is 319 g/mol. The van der Waals surface area contributed by atoms with Crippen molar-refractivity contribution in [2.24, 2.45) is 7.05 Å². The number of ether oxygens (including phenoxy) is 1. The molecule has 2 nitrogen and oxygen atoms in total. The van der Waals surface area contributed by atoms with Crippen molar-refractivity contribution in [1.29, 1.82) is 0 Å². The molecule has 1 saturated heterocycles. The van der Waals surface area contributed by atoms with Gasteiger partial charge in [0.05, 0.1) is 17.7 Å². The van der Waals surface area contributed by atoms with Gasteiger partial charge in [-0.15, -0.1) is 0 Å². The van der Waals surface area contributed by atoms with Gasteiger partial charge in [0.15, 0.2) is 0 Å². The molecule has 2 aliphatic heterocycles. The first-order valence-electron chi connectivity index (χ1n) is 8.41. The van der Waals surface area contributed by atoms with Crippen molar-refractivity contribution in [2.45, 2.75) is 25.0 Å². The zero-order valence-electron chi connectivity index (χ0n) is 13.5. The Morgan fingerprint density at radius 3 is 2.71 bits per heavy atom. The van der Waals surface area contributed by atoms with Gasteiger partial charge in [0.1, 0.15) is 5.82 Å². The number of nitrogens with zero attached hydrogens (tertiary/aromatic N) is 1. The van der Waals surface area contributed by atoms with Crippen LogP contribution in [0.5, 0.6) is 0 Å². The molecule has 0 aliphatic carbocycles. The summed E-state index contributed by atoms with van der Waals surface area (Å²) in [6, 6.07) is 11.0. The van der Waals surface area contributed by atoms with E-state index >= 15 is 0 Å². The molecular weight excluding hydrogens is 301 g/mol. The molecule has 3 heteroatoms. The van der Waals surface area contributed by atoms with Crippen molar-refractivity contribution in [3.05, 3.63) is 70.7 Å². The molecule has 2 unspecified atom stereocenters. The highest BCUT2D eigenvalue weighted by Crippen LogP contribution is 2.53. The fraction of sp³-hybridized carbons (Fsp3) is 0.238. The molecule has 3 aromatic rings. The van der Waals surface area contributed by atoms with E-state index in [9.17, 15) is 4.39 Å². The number of aromatic nitrogens is 1. The van der Waals surface area contributed by atoms with Gasteiger partial charge in [0.2, 0.25) is 0 Å². The molecule has 1 fully saturated rings. The second-order valence-corrected chi connectivity index (χ2v) is 6.73. The minimum atomic E-state index is -0.205. The van der Waals surface area contributed by atoms with E-state index in [2.05, 4.69) is 36.0 Å². The minimum absolute atomic E-state index is 0.205. The molecule has 2 aliphatic rings. The maximum atomic E-state index is 13.1. The number of halogens is 1. The van der Waals surface area contributed by atoms with Crippen LogP contribution in [0, 0.1) is 5.82 Å². The van der Waals surface area contributed by atoms with Crippen LogP contribution in [0.3, 0.4) is 0 Å². The van der Waals surface area contributed by atoms with Crippen LogP contribution in [0.15, 0.2) is 42.6 Å². The van der Waals surface area contributed by atoms with Crippen LogP contribution < -0.4 is 0 Å². The van der Waals surface area contributed by atoms with Crippen LogP contribution in [-0.4, -0.2) is 4.57 Å². The lowest BCUT2D eigenvalue weighted by Crippen LogP contribution is -2.02. The van der Waals surface area contributed by atoms with E-state index in [1.165, 1.54) is 39.7 Å². The average Bonchev–Trinajstić information content (AvgIpc) is 3.29. The molecular formula is C21H18FNO. The summed E-state index contributed by atoms with van der Waals surface area (Å²) in [4.78, 5) is 0. The lowest BCUT2D eigenvalue weighted by Gasteiger charge is -2.15. The van der Waals surface area contributed by atoms with E-state index in [1.54, 1.807) is 12.1 Å². The molecule has 2 atom stereocenters. The number of benzene rings is 2. The Morgan fingerprint density at radius 1 is 1.08 bits per heavy atom. The van der Waals surface area contributed by atoms with Crippen molar-refractivity contribution >= 4 is 23.1 Å². The molecule has 0 spiro atoms. The number of aryl methyl sites for hydroxylation is 1. The molecule has 0 amide bonds. The second-order valence-electron chi connectivity index (χ2n) is 6.73. The highest BCUT2D eigenvalue weighted by Gasteiger charge is 2.40. The zero-order valence-corrected chi connectivity index (χ0v) is 13.5. The van der Waals surface area contributed by atoms with E-state index in [0.29, 0.717) is 0 Å². The van der Waals surface area contributed by atoms with Gasteiger partial charge in [0.25, 0.3) is 0 Å². The van der Waals surface area contributed by atoms with Crippen LogP contribution >= 0.6 is 0 Å². The first-order valence-corrected chi connectivity index (χ1v) is 8.41. The maximum absolute atomic E-state index is 13.1. The topological polar surface area (TPSA) is 14.2 Å². The Balaban J connectivity index is 1.66. The summed E-state index contributed by atoms with van der Waals surface area (Å²) in [5.41, 5.74) is 6.22. The Bertz CT molecular complexity index is 968. The van der Waals surface area contributed by atoms with Gasteiger partial charge in [-0.05, 0) is 53.8 Å². The van der Waals surface area contributed by atoms with Gasteiger partial charge in [-0.3, -0.25) is 0 Å². The van der Waals surface area contributed by atoms with Crippen molar-refractivity contribution in [3.8, 4) is 0 Å². The summed E-state index contributed by atoms with van der Waals surface area (Å²) < 4.78 is 21.4. The number of hydrogen-bond donors (Lipinski definition) is 0. The van der Waals surface area contributed by atoms with Gasteiger partial charge < -0.3 is 9.30 Å². The van der Waals surface area contributed by atoms with Gasteiger partial charge >= 0.3 is 0 Å². The fourth-order valence-corrected chi connectivity index (χ4v) is 4.14. The van der Waals surface area contributed by atoms with Crippen LogP contribution in [-0.2, 0) is 11.8 Å². The van der Waals surface area contributed by atoms with Crippen molar-refractivity contribution in [1.82, 2.24) is 4.57 Å². The van der Waals surface area contributed by atoms with Gasteiger partial charge in [0, 0.05) is 24.2 Å².